The van der Waals surface area contributed by atoms with Crippen LogP contribution < -0.4 is 5.32 Å². The molecule has 3 nitrogen and oxygen atoms in total. The topological polar surface area (TPSA) is 46.2 Å². The molecule has 0 bridgehead atoms. The molecule has 106 valence electrons. The summed E-state index contributed by atoms with van der Waals surface area (Å²) in [5.74, 6) is -0.0725. The average Bonchev–Trinajstić information content (AvgIpc) is 2.70. The van der Waals surface area contributed by atoms with Crippen LogP contribution >= 0.6 is 11.6 Å². The third kappa shape index (κ3) is 3.46. The lowest BCUT2D eigenvalue weighted by Crippen LogP contribution is -2.29. The number of hydrogen-bond acceptors (Lipinski definition) is 3. The van der Waals surface area contributed by atoms with E-state index >= 15 is 0 Å². The number of rotatable bonds is 4. The highest BCUT2D eigenvalue weighted by atomic mass is 35.5. The lowest BCUT2D eigenvalue weighted by Gasteiger charge is -2.25. The highest BCUT2D eigenvalue weighted by Crippen LogP contribution is 2.35. The van der Waals surface area contributed by atoms with Crippen molar-refractivity contribution >= 4 is 21.4 Å². The Morgan fingerprint density at radius 2 is 2.26 bits per heavy atom. The molecule has 1 heterocycles. The molecule has 0 radical (unpaired) electrons. The molecule has 1 aliphatic heterocycles. The smallest absolute Gasteiger partial charge is 0.150 e. The first-order valence-corrected chi connectivity index (χ1v) is 8.51. The fraction of sp³-hybridized carbons (Fsp3) is 0.538. The van der Waals surface area contributed by atoms with Gasteiger partial charge in [0.05, 0.1) is 11.5 Å². The Morgan fingerprint density at radius 3 is 2.84 bits per heavy atom. The Morgan fingerprint density at radius 1 is 1.53 bits per heavy atom. The Labute approximate surface area is 118 Å². The summed E-state index contributed by atoms with van der Waals surface area (Å²) < 4.78 is 36.6. The van der Waals surface area contributed by atoms with Gasteiger partial charge in [0.25, 0.3) is 0 Å². The van der Waals surface area contributed by atoms with Crippen LogP contribution in [-0.4, -0.2) is 26.5 Å². The number of nitrogens with one attached hydrogen (secondary N) is 1. The molecule has 1 fully saturated rings. The molecule has 1 aromatic rings. The van der Waals surface area contributed by atoms with Crippen molar-refractivity contribution in [3.63, 3.8) is 0 Å². The third-order valence-corrected chi connectivity index (χ3v) is 5.59. The Bertz CT molecular complexity index is 562. The fourth-order valence-corrected chi connectivity index (χ4v) is 4.67. The number of halogens is 2. The molecule has 19 heavy (non-hydrogen) atoms. The van der Waals surface area contributed by atoms with Crippen molar-refractivity contribution in [3.8, 4) is 0 Å². The first-order valence-electron chi connectivity index (χ1n) is 6.31. The quantitative estimate of drug-likeness (QED) is 0.930. The molecule has 0 spiro atoms. The van der Waals surface area contributed by atoms with Crippen LogP contribution in [-0.2, 0) is 9.84 Å². The van der Waals surface area contributed by atoms with Gasteiger partial charge in [-0.3, -0.25) is 0 Å². The summed E-state index contributed by atoms with van der Waals surface area (Å²) >= 11 is 6.12. The Hall–Kier alpha value is -0.650. The molecule has 1 aromatic carbocycles. The van der Waals surface area contributed by atoms with E-state index in [2.05, 4.69) is 5.32 Å². The van der Waals surface area contributed by atoms with Crippen molar-refractivity contribution in [2.75, 3.05) is 18.1 Å². The Balaban J connectivity index is 2.32. The van der Waals surface area contributed by atoms with Gasteiger partial charge in [0.1, 0.15) is 5.82 Å². The van der Waals surface area contributed by atoms with Crippen LogP contribution in [0.4, 0.5) is 4.39 Å². The number of benzene rings is 1. The first-order chi connectivity index (χ1) is 8.93. The van der Waals surface area contributed by atoms with Gasteiger partial charge < -0.3 is 5.32 Å². The van der Waals surface area contributed by atoms with Gasteiger partial charge in [-0.15, -0.1) is 0 Å². The van der Waals surface area contributed by atoms with Crippen molar-refractivity contribution in [2.24, 2.45) is 5.92 Å². The maximum Gasteiger partial charge on any atom is 0.150 e. The maximum absolute atomic E-state index is 13.4. The van der Waals surface area contributed by atoms with Gasteiger partial charge in [0.2, 0.25) is 0 Å². The standard InChI is InChI=1S/C13H17ClFNO2S/c1-2-16-13(9-5-6-19(17,18)8-9)11-7-10(15)3-4-12(11)14/h3-4,7,9,13,16H,2,5-6,8H2,1H3. The minimum atomic E-state index is -2.97. The zero-order valence-electron chi connectivity index (χ0n) is 10.7. The number of sulfone groups is 1. The van der Waals surface area contributed by atoms with Crippen molar-refractivity contribution in [2.45, 2.75) is 19.4 Å². The summed E-state index contributed by atoms with van der Waals surface area (Å²) in [5, 5.41) is 3.70. The van der Waals surface area contributed by atoms with Crippen molar-refractivity contribution in [1.82, 2.24) is 5.32 Å². The number of hydrogen-bond donors (Lipinski definition) is 1. The molecule has 2 rings (SSSR count). The lowest BCUT2D eigenvalue weighted by molar-refractivity contribution is 0.399. The van der Waals surface area contributed by atoms with Crippen LogP contribution in [0.5, 0.6) is 0 Å². The zero-order valence-corrected chi connectivity index (χ0v) is 12.3. The summed E-state index contributed by atoms with van der Waals surface area (Å²) in [5.41, 5.74) is 0.644. The highest BCUT2D eigenvalue weighted by Gasteiger charge is 2.34. The average molecular weight is 306 g/mol. The summed E-state index contributed by atoms with van der Waals surface area (Å²) in [7, 11) is -2.97. The SMILES string of the molecule is CCNC(c1cc(F)ccc1Cl)C1CCS(=O)(=O)C1. The highest BCUT2D eigenvalue weighted by molar-refractivity contribution is 7.91. The molecule has 0 aliphatic carbocycles. The normalized spacial score (nSPS) is 23.4. The zero-order chi connectivity index (χ0) is 14.0. The summed E-state index contributed by atoms with van der Waals surface area (Å²) in [4.78, 5) is 0. The summed E-state index contributed by atoms with van der Waals surface area (Å²) in [6, 6.07) is 3.99. The molecule has 0 saturated carbocycles. The van der Waals surface area contributed by atoms with Gasteiger partial charge in [-0.25, -0.2) is 12.8 Å². The second kappa shape index (κ2) is 5.77. The molecule has 1 aliphatic rings. The minimum absolute atomic E-state index is 0.0516. The van der Waals surface area contributed by atoms with Gasteiger partial charge in [-0.2, -0.15) is 0 Å². The van der Waals surface area contributed by atoms with Gasteiger partial charge in [0.15, 0.2) is 9.84 Å². The van der Waals surface area contributed by atoms with Crippen molar-refractivity contribution < 1.29 is 12.8 Å². The largest absolute Gasteiger partial charge is 0.310 e. The van der Waals surface area contributed by atoms with Crippen LogP contribution in [0, 0.1) is 11.7 Å². The van der Waals surface area contributed by atoms with Gasteiger partial charge in [-0.1, -0.05) is 18.5 Å². The minimum Gasteiger partial charge on any atom is -0.310 e. The molecule has 0 amide bonds. The molecule has 1 saturated heterocycles. The van der Waals surface area contributed by atoms with E-state index in [1.54, 1.807) is 0 Å². The van der Waals surface area contributed by atoms with E-state index in [1.807, 2.05) is 6.92 Å². The predicted molar refractivity (Wildman–Crippen MR) is 74.6 cm³/mol. The molecule has 2 unspecified atom stereocenters. The molecule has 1 N–H and O–H groups in total. The molecule has 6 heteroatoms. The second-order valence-electron chi connectivity index (χ2n) is 4.86. The van der Waals surface area contributed by atoms with Crippen molar-refractivity contribution in [1.29, 1.82) is 0 Å². The van der Waals surface area contributed by atoms with Crippen LogP contribution in [0.1, 0.15) is 24.9 Å². The van der Waals surface area contributed by atoms with Crippen LogP contribution in [0.15, 0.2) is 18.2 Å². The van der Waals surface area contributed by atoms with E-state index < -0.39 is 9.84 Å². The maximum atomic E-state index is 13.4. The molecular weight excluding hydrogens is 289 g/mol. The van der Waals surface area contributed by atoms with Crippen LogP contribution in [0.3, 0.4) is 0 Å². The molecular formula is C13H17ClFNO2S. The summed E-state index contributed by atoms with van der Waals surface area (Å²) in [6.45, 7) is 2.61. The van der Waals surface area contributed by atoms with Crippen molar-refractivity contribution in [3.05, 3.63) is 34.6 Å². The fourth-order valence-electron chi connectivity index (χ4n) is 2.59. The van der Waals surface area contributed by atoms with E-state index in [-0.39, 0.29) is 29.3 Å². The van der Waals surface area contributed by atoms with Crippen LogP contribution in [0.25, 0.3) is 0 Å². The third-order valence-electron chi connectivity index (χ3n) is 3.46. The van der Waals surface area contributed by atoms with Crippen LogP contribution in [0.2, 0.25) is 5.02 Å². The Kier molecular flexibility index (Phi) is 4.48. The van der Waals surface area contributed by atoms with E-state index in [1.165, 1.54) is 18.2 Å². The van der Waals surface area contributed by atoms with E-state index in [0.717, 1.165) is 0 Å². The molecule has 2 atom stereocenters. The summed E-state index contributed by atoms with van der Waals surface area (Å²) in [6.07, 6.45) is 0.590. The van der Waals surface area contributed by atoms with E-state index in [9.17, 15) is 12.8 Å². The second-order valence-corrected chi connectivity index (χ2v) is 7.50. The van der Waals surface area contributed by atoms with E-state index in [0.29, 0.717) is 23.6 Å². The monoisotopic (exact) mass is 305 g/mol. The lowest BCUT2D eigenvalue weighted by atomic mass is 9.92. The van der Waals surface area contributed by atoms with Gasteiger partial charge in [0, 0.05) is 11.1 Å². The van der Waals surface area contributed by atoms with E-state index in [4.69, 9.17) is 11.6 Å². The van der Waals surface area contributed by atoms with Gasteiger partial charge >= 0.3 is 0 Å². The predicted octanol–water partition coefficient (Wildman–Crippen LogP) is 2.56. The van der Waals surface area contributed by atoms with Gasteiger partial charge in [-0.05, 0) is 42.6 Å². The first kappa shape index (κ1) is 14.8. The molecule has 0 aromatic heterocycles.